The lowest BCUT2D eigenvalue weighted by Gasteiger charge is -2.38. The molecule has 1 fully saturated rings. The minimum Gasteiger partial charge on any atom is -0.380 e. The maximum absolute atomic E-state index is 14.4. The van der Waals surface area contributed by atoms with Crippen LogP contribution in [0.4, 0.5) is 19.0 Å². The van der Waals surface area contributed by atoms with Crippen LogP contribution in [0.15, 0.2) is 61.3 Å². The maximum atomic E-state index is 14.4. The monoisotopic (exact) mass is 509 g/mol. The van der Waals surface area contributed by atoms with Crippen molar-refractivity contribution in [3.8, 4) is 11.1 Å². The van der Waals surface area contributed by atoms with Crippen molar-refractivity contribution >= 4 is 16.7 Å². The molecule has 37 heavy (non-hydrogen) atoms. The van der Waals surface area contributed by atoms with E-state index < -0.39 is 30.0 Å². The molecule has 4 aromatic rings. The van der Waals surface area contributed by atoms with Gasteiger partial charge in [-0.15, -0.1) is 0 Å². The van der Waals surface area contributed by atoms with Crippen molar-refractivity contribution in [2.75, 3.05) is 18.0 Å². The molecule has 1 saturated heterocycles. The van der Waals surface area contributed by atoms with Gasteiger partial charge < -0.3 is 15.0 Å². The number of hydrogen-bond donors (Lipinski definition) is 2. The van der Waals surface area contributed by atoms with Crippen LogP contribution in [0.3, 0.4) is 0 Å². The van der Waals surface area contributed by atoms with E-state index in [0.717, 1.165) is 48.3 Å². The summed E-state index contributed by atoms with van der Waals surface area (Å²) in [6.45, 7) is 5.30. The Bertz CT molecular complexity index is 1380. The maximum Gasteiger partial charge on any atom is 0.417 e. The van der Waals surface area contributed by atoms with E-state index in [1.54, 1.807) is 50.6 Å². The Kier molecular flexibility index (Phi) is 6.43. The molecule has 1 aliphatic rings. The number of rotatable bonds is 7. The van der Waals surface area contributed by atoms with E-state index in [0.29, 0.717) is 16.8 Å². The molecule has 1 aliphatic heterocycles. The van der Waals surface area contributed by atoms with Gasteiger partial charge in [0.2, 0.25) is 0 Å². The molecule has 0 aliphatic carbocycles. The van der Waals surface area contributed by atoms with Gasteiger partial charge in [-0.25, -0.2) is 15.0 Å². The summed E-state index contributed by atoms with van der Waals surface area (Å²) in [7, 11) is 0. The van der Waals surface area contributed by atoms with Gasteiger partial charge in [0, 0.05) is 48.5 Å². The number of fused-ring (bicyclic) bond motifs is 1. The Hall–Kier alpha value is -3.46. The molecule has 5 rings (SSSR count). The van der Waals surface area contributed by atoms with Gasteiger partial charge in [-0.05, 0) is 47.9 Å². The van der Waals surface area contributed by atoms with Gasteiger partial charge >= 0.3 is 6.18 Å². The summed E-state index contributed by atoms with van der Waals surface area (Å²) < 4.78 is 43.2. The SMILES string of the molecule is CC(C)(CC(O)(Cc1cc2cc(N3CCCC3)ncc2[nH]1)C(F)(F)F)c1cccc(-c2cncnc2)c1. The highest BCUT2D eigenvalue weighted by molar-refractivity contribution is 5.82. The molecule has 0 radical (unpaired) electrons. The number of aromatic nitrogens is 4. The van der Waals surface area contributed by atoms with Gasteiger partial charge in [0.15, 0.2) is 5.60 Å². The molecule has 4 heterocycles. The number of pyridine rings is 1. The Morgan fingerprint density at radius 2 is 1.70 bits per heavy atom. The largest absolute Gasteiger partial charge is 0.417 e. The number of aliphatic hydroxyl groups is 1. The smallest absolute Gasteiger partial charge is 0.380 e. The Morgan fingerprint density at radius 1 is 0.973 bits per heavy atom. The van der Waals surface area contributed by atoms with Crippen LogP contribution in [0.5, 0.6) is 0 Å². The van der Waals surface area contributed by atoms with Gasteiger partial charge in [0.1, 0.15) is 12.1 Å². The third-order valence-electron chi connectivity index (χ3n) is 7.26. The number of nitrogens with one attached hydrogen (secondary N) is 1. The van der Waals surface area contributed by atoms with Gasteiger partial charge in [-0.2, -0.15) is 13.2 Å². The van der Waals surface area contributed by atoms with Crippen LogP contribution in [-0.4, -0.2) is 49.9 Å². The summed E-state index contributed by atoms with van der Waals surface area (Å²) in [5.74, 6) is 0.825. The number of hydrogen-bond acceptors (Lipinski definition) is 5. The Morgan fingerprint density at radius 3 is 2.41 bits per heavy atom. The highest BCUT2D eigenvalue weighted by Gasteiger charge is 2.56. The van der Waals surface area contributed by atoms with E-state index in [1.807, 2.05) is 18.2 Å². The van der Waals surface area contributed by atoms with Crippen molar-refractivity contribution in [1.29, 1.82) is 0 Å². The number of nitrogens with zero attached hydrogens (tertiary/aromatic N) is 4. The first kappa shape index (κ1) is 25.2. The number of benzene rings is 1. The van der Waals surface area contributed by atoms with Crippen molar-refractivity contribution in [1.82, 2.24) is 19.9 Å². The van der Waals surface area contributed by atoms with Crippen LogP contribution in [0.1, 0.15) is 44.4 Å². The number of anilines is 1. The number of H-pyrrole nitrogens is 1. The molecular weight excluding hydrogens is 479 g/mol. The molecular formula is C28H30F3N5O. The average molecular weight is 510 g/mol. The second-order valence-electron chi connectivity index (χ2n) is 10.6. The summed E-state index contributed by atoms with van der Waals surface area (Å²) in [5, 5.41) is 11.9. The fraction of sp³-hybridized carbons (Fsp3) is 0.393. The lowest BCUT2D eigenvalue weighted by Crippen LogP contribution is -2.50. The summed E-state index contributed by atoms with van der Waals surface area (Å²) in [4.78, 5) is 17.8. The molecule has 2 N–H and O–H groups in total. The first-order valence-corrected chi connectivity index (χ1v) is 12.4. The minimum atomic E-state index is -4.83. The van der Waals surface area contributed by atoms with E-state index >= 15 is 0 Å². The minimum absolute atomic E-state index is 0.321. The lowest BCUT2D eigenvalue weighted by molar-refractivity contribution is -0.266. The molecule has 0 amide bonds. The van der Waals surface area contributed by atoms with Crippen LogP contribution in [-0.2, 0) is 11.8 Å². The summed E-state index contributed by atoms with van der Waals surface area (Å²) in [6.07, 6.45) is 2.69. The Labute approximate surface area is 213 Å². The fourth-order valence-electron chi connectivity index (χ4n) is 5.27. The van der Waals surface area contributed by atoms with Gasteiger partial charge in [0.25, 0.3) is 0 Å². The third kappa shape index (κ3) is 5.18. The van der Waals surface area contributed by atoms with Crippen LogP contribution in [0.25, 0.3) is 22.0 Å². The van der Waals surface area contributed by atoms with Crippen molar-refractivity contribution in [2.24, 2.45) is 0 Å². The molecule has 1 unspecified atom stereocenters. The zero-order valence-corrected chi connectivity index (χ0v) is 20.9. The van der Waals surface area contributed by atoms with Crippen molar-refractivity contribution in [2.45, 2.75) is 56.7 Å². The number of halogens is 3. The van der Waals surface area contributed by atoms with Crippen molar-refractivity contribution in [3.63, 3.8) is 0 Å². The summed E-state index contributed by atoms with van der Waals surface area (Å²) in [6, 6.07) is 10.9. The topological polar surface area (TPSA) is 77.9 Å². The van der Waals surface area contributed by atoms with Crippen molar-refractivity contribution in [3.05, 3.63) is 72.6 Å². The first-order valence-electron chi connectivity index (χ1n) is 12.4. The predicted molar refractivity (Wildman–Crippen MR) is 137 cm³/mol. The molecule has 1 aromatic carbocycles. The highest BCUT2D eigenvalue weighted by atomic mass is 19.4. The summed E-state index contributed by atoms with van der Waals surface area (Å²) >= 11 is 0. The van der Waals surface area contributed by atoms with Crippen LogP contribution >= 0.6 is 0 Å². The number of aromatic amines is 1. The molecule has 1 atom stereocenters. The molecule has 6 nitrogen and oxygen atoms in total. The second kappa shape index (κ2) is 9.45. The van der Waals surface area contributed by atoms with E-state index in [2.05, 4.69) is 24.8 Å². The van der Waals surface area contributed by atoms with E-state index in [9.17, 15) is 18.3 Å². The zero-order valence-electron chi connectivity index (χ0n) is 20.9. The molecule has 0 saturated carbocycles. The molecule has 9 heteroatoms. The van der Waals surface area contributed by atoms with Crippen LogP contribution < -0.4 is 4.90 Å². The fourth-order valence-corrected chi connectivity index (χ4v) is 5.27. The summed E-state index contributed by atoms with van der Waals surface area (Å²) in [5.41, 5.74) is -0.681. The predicted octanol–water partition coefficient (Wildman–Crippen LogP) is 5.82. The second-order valence-corrected chi connectivity index (χ2v) is 10.6. The van der Waals surface area contributed by atoms with Gasteiger partial charge in [-0.1, -0.05) is 38.1 Å². The lowest BCUT2D eigenvalue weighted by atomic mass is 9.73. The molecule has 194 valence electrons. The highest BCUT2D eigenvalue weighted by Crippen LogP contribution is 2.43. The van der Waals surface area contributed by atoms with Gasteiger partial charge in [-0.3, -0.25) is 0 Å². The third-order valence-corrected chi connectivity index (χ3v) is 7.26. The van der Waals surface area contributed by atoms with Crippen molar-refractivity contribution < 1.29 is 18.3 Å². The standard InChI is InChI=1S/C28H30F3N5O/c1-26(2,22-7-5-6-19(10-22)21-14-32-18-33-15-21)17-27(37,28(29,30)31)13-23-11-20-12-25(34-16-24(20)35-23)36-8-3-4-9-36/h5-7,10-12,14-16,18,35,37H,3-4,8-9,13,17H2,1-2H3. The molecule has 0 spiro atoms. The first-order chi connectivity index (χ1) is 17.5. The van der Waals surface area contributed by atoms with E-state index in [1.165, 1.54) is 6.33 Å². The molecule has 0 bridgehead atoms. The quantitative estimate of drug-likeness (QED) is 0.328. The van der Waals surface area contributed by atoms with Gasteiger partial charge in [0.05, 0.1) is 11.7 Å². The number of alkyl halides is 3. The average Bonchev–Trinajstić information content (AvgIpc) is 3.53. The van der Waals surface area contributed by atoms with Crippen LogP contribution in [0.2, 0.25) is 0 Å². The Balaban J connectivity index is 1.42. The zero-order chi connectivity index (χ0) is 26.3. The van der Waals surface area contributed by atoms with Crippen LogP contribution in [0, 0.1) is 0 Å². The normalized spacial score (nSPS) is 16.3. The van der Waals surface area contributed by atoms with E-state index in [-0.39, 0.29) is 0 Å². The molecule has 3 aromatic heterocycles. The van der Waals surface area contributed by atoms with E-state index in [4.69, 9.17) is 0 Å².